The van der Waals surface area contributed by atoms with Gasteiger partial charge in [-0.2, -0.15) is 16.7 Å². The molecule has 1 aliphatic rings. The van der Waals surface area contributed by atoms with Crippen molar-refractivity contribution in [3.05, 3.63) is 47.8 Å². The topological polar surface area (TPSA) is 64.6 Å². The summed E-state index contributed by atoms with van der Waals surface area (Å²) >= 11 is 0.167. The Morgan fingerprint density at radius 1 is 1.27 bits per heavy atom. The fourth-order valence-electron chi connectivity index (χ4n) is 2.75. The molecule has 0 spiro atoms. The third-order valence-electron chi connectivity index (χ3n) is 3.84. The van der Waals surface area contributed by atoms with Crippen LogP contribution in [-0.2, 0) is 23.3 Å². The Balaban J connectivity index is 1.63. The Morgan fingerprint density at radius 2 is 2.18 bits per heavy atom. The number of hydrogen-bond donors (Lipinski definition) is 2. The number of pyridine rings is 1. The molecular weight excluding hydrogens is 314 g/mol. The molecule has 6 heteroatoms. The van der Waals surface area contributed by atoms with Crippen LogP contribution in [0.5, 0.6) is 0 Å². The number of thiol groups is 1. The van der Waals surface area contributed by atoms with Crippen LogP contribution in [0.2, 0.25) is 0 Å². The molecule has 1 atom stereocenters. The summed E-state index contributed by atoms with van der Waals surface area (Å²) in [4.78, 5) is 13.4. The average Bonchev–Trinajstić information content (AvgIpc) is 2.99. The number of benzene rings is 1. The number of H-pyrrole nitrogens is 1. The van der Waals surface area contributed by atoms with Crippen LogP contribution in [0.4, 0.5) is 0 Å². The lowest BCUT2D eigenvalue weighted by Gasteiger charge is -2.18. The van der Waals surface area contributed by atoms with E-state index in [0.717, 1.165) is 23.1 Å². The van der Waals surface area contributed by atoms with Crippen LogP contribution in [0.15, 0.2) is 46.6 Å². The van der Waals surface area contributed by atoms with Gasteiger partial charge in [0, 0.05) is 22.3 Å². The highest BCUT2D eigenvalue weighted by Gasteiger charge is 2.22. The van der Waals surface area contributed by atoms with Gasteiger partial charge in [0.25, 0.3) is 0 Å². The number of aromatic amines is 1. The van der Waals surface area contributed by atoms with Crippen molar-refractivity contribution in [3.8, 4) is 0 Å². The quantitative estimate of drug-likeness (QED) is 0.573. The van der Waals surface area contributed by atoms with Gasteiger partial charge in [0.05, 0.1) is 16.7 Å². The maximum Gasteiger partial charge on any atom is 0.322 e. The smallest absolute Gasteiger partial charge is 0.322 e. The first-order valence-electron chi connectivity index (χ1n) is 7.28. The molecule has 1 unspecified atom stereocenters. The predicted molar refractivity (Wildman–Crippen MR) is 90.9 cm³/mol. The zero-order valence-corrected chi connectivity index (χ0v) is 13.7. The second kappa shape index (κ2) is 5.95. The minimum atomic E-state index is -1.20. The number of nitrogens with zero attached hydrogens (tertiary/aromatic N) is 2. The Hall–Kier alpha value is -1.50. The fraction of sp³-hybridized carbons (Fsp3) is 0.250. The van der Waals surface area contributed by atoms with Gasteiger partial charge in [0.1, 0.15) is 0 Å². The molecule has 2 aromatic heterocycles. The molecule has 0 bridgehead atoms. The molecule has 3 heterocycles. The lowest BCUT2D eigenvalue weighted by atomic mass is 10.1. The average molecular weight is 330 g/mol. The van der Waals surface area contributed by atoms with Gasteiger partial charge in [-0.1, -0.05) is 12.1 Å². The summed E-state index contributed by atoms with van der Waals surface area (Å²) in [6, 6.07) is 9.84. The summed E-state index contributed by atoms with van der Waals surface area (Å²) in [5.41, 5.74) is 4.03. The van der Waals surface area contributed by atoms with E-state index in [1.807, 2.05) is 30.5 Å². The van der Waals surface area contributed by atoms with Crippen molar-refractivity contribution in [3.63, 3.8) is 0 Å². The largest absolute Gasteiger partial charge is 0.609 e. The molecule has 0 aliphatic carbocycles. The van der Waals surface area contributed by atoms with Crippen molar-refractivity contribution in [1.29, 1.82) is 0 Å². The van der Waals surface area contributed by atoms with Gasteiger partial charge in [-0.25, -0.2) is 0 Å². The van der Waals surface area contributed by atoms with Crippen molar-refractivity contribution in [2.75, 3.05) is 5.75 Å². The second-order valence-electron chi connectivity index (χ2n) is 5.29. The van der Waals surface area contributed by atoms with Gasteiger partial charge >= 0.3 is 5.16 Å². The molecular formula is C16H16N3OS2. The Morgan fingerprint density at radius 3 is 3.09 bits per heavy atom. The molecule has 0 saturated carbocycles. The van der Waals surface area contributed by atoms with E-state index >= 15 is 0 Å². The second-order valence-corrected chi connectivity index (χ2v) is 7.90. The zero-order valence-electron chi connectivity index (χ0n) is 12.0. The molecule has 113 valence electrons. The van der Waals surface area contributed by atoms with Crippen LogP contribution >= 0.6 is 11.8 Å². The van der Waals surface area contributed by atoms with E-state index in [9.17, 15) is 4.55 Å². The number of aromatic nitrogens is 3. The first-order valence-corrected chi connectivity index (χ1v) is 9.68. The summed E-state index contributed by atoms with van der Waals surface area (Å²) in [6.45, 7) is 0. The number of rotatable bonds is 3. The van der Waals surface area contributed by atoms with E-state index in [2.05, 4.69) is 21.0 Å². The monoisotopic (exact) mass is 330 g/mol. The van der Waals surface area contributed by atoms with E-state index in [1.54, 1.807) is 0 Å². The molecule has 1 radical (unpaired) electrons. The maximum absolute atomic E-state index is 12.6. The maximum atomic E-state index is 12.6. The van der Waals surface area contributed by atoms with E-state index in [-0.39, 0.29) is 0 Å². The number of para-hydroxylation sites is 2. The van der Waals surface area contributed by atoms with Gasteiger partial charge < -0.3 is 4.55 Å². The standard InChI is InChI=1S/C16H16N3OS2/c20-22(16-18-12-5-1-2-6-13(12)19-16)10-14-11-4-3-9-21-15(11)7-8-17-14/h1-2,5-8,21H,3-4,9-10H2,(H,18,19). The molecule has 0 saturated heterocycles. The number of fused-ring (bicyclic) bond motifs is 2. The molecule has 0 amide bonds. The number of nitrogens with one attached hydrogen (secondary N) is 1. The van der Waals surface area contributed by atoms with Crippen LogP contribution in [0.25, 0.3) is 11.0 Å². The van der Waals surface area contributed by atoms with E-state index in [1.165, 1.54) is 34.4 Å². The van der Waals surface area contributed by atoms with Crippen molar-refractivity contribution < 1.29 is 4.55 Å². The van der Waals surface area contributed by atoms with Gasteiger partial charge in [0.2, 0.25) is 0 Å². The highest BCUT2D eigenvalue weighted by atomic mass is 32.2. The van der Waals surface area contributed by atoms with Gasteiger partial charge in [-0.3, -0.25) is 9.97 Å². The lowest BCUT2D eigenvalue weighted by molar-refractivity contribution is 0.586. The van der Waals surface area contributed by atoms with Crippen LogP contribution in [0, 0.1) is 0 Å². The molecule has 4 nitrogen and oxygen atoms in total. The highest BCUT2D eigenvalue weighted by Crippen LogP contribution is 2.32. The van der Waals surface area contributed by atoms with Crippen molar-refractivity contribution >= 4 is 34.0 Å². The molecule has 1 aliphatic heterocycles. The summed E-state index contributed by atoms with van der Waals surface area (Å²) in [5, 5.41) is 0.536. The first-order chi connectivity index (χ1) is 10.8. The highest BCUT2D eigenvalue weighted by molar-refractivity contribution is 7.99. The fourth-order valence-corrected chi connectivity index (χ4v) is 4.97. The van der Waals surface area contributed by atoms with Crippen LogP contribution in [0.3, 0.4) is 0 Å². The minimum absolute atomic E-state index is 0.429. The van der Waals surface area contributed by atoms with E-state index < -0.39 is 11.2 Å². The third kappa shape index (κ3) is 2.62. The van der Waals surface area contributed by atoms with E-state index in [4.69, 9.17) is 0 Å². The third-order valence-corrected chi connectivity index (χ3v) is 6.30. The summed E-state index contributed by atoms with van der Waals surface area (Å²) in [6.07, 6.45) is 4.07. The molecule has 1 N–H and O–H groups in total. The van der Waals surface area contributed by atoms with Crippen LogP contribution < -0.4 is 0 Å². The van der Waals surface area contributed by atoms with Crippen molar-refractivity contribution in [2.24, 2.45) is 0 Å². The molecule has 22 heavy (non-hydrogen) atoms. The van der Waals surface area contributed by atoms with Crippen LogP contribution in [0.1, 0.15) is 17.7 Å². The van der Waals surface area contributed by atoms with Gasteiger partial charge in [-0.15, -0.1) is 0 Å². The van der Waals surface area contributed by atoms with E-state index in [0.29, 0.717) is 10.9 Å². The Labute approximate surface area is 135 Å². The number of imidazole rings is 1. The predicted octanol–water partition coefficient (Wildman–Crippen LogP) is 3.04. The summed E-state index contributed by atoms with van der Waals surface area (Å²) in [7, 11) is 0. The summed E-state index contributed by atoms with van der Waals surface area (Å²) < 4.78 is 12.6. The van der Waals surface area contributed by atoms with Gasteiger partial charge in [0.15, 0.2) is 5.75 Å². The van der Waals surface area contributed by atoms with Gasteiger partial charge in [-0.05, 0) is 42.4 Å². The first kappa shape index (κ1) is 14.1. The Bertz CT molecular complexity index is 785. The van der Waals surface area contributed by atoms with Crippen molar-refractivity contribution in [1.82, 2.24) is 15.0 Å². The molecule has 3 aromatic rings. The SMILES string of the molecule is [O-][S+](Cc1nccc2c1CCC[SH]2)c1nc2ccccc2[nH]1. The normalized spacial score (nSPS) is 15.7. The van der Waals surface area contributed by atoms with Crippen molar-refractivity contribution in [2.45, 2.75) is 28.6 Å². The number of hydrogen-bond acceptors (Lipinski definition) is 3. The zero-order chi connectivity index (χ0) is 14.9. The Kier molecular flexibility index (Phi) is 3.82. The van der Waals surface area contributed by atoms with Crippen LogP contribution in [-0.4, -0.2) is 25.3 Å². The molecule has 0 fully saturated rings. The molecule has 1 aromatic carbocycles. The molecule has 4 rings (SSSR count). The lowest BCUT2D eigenvalue weighted by Crippen LogP contribution is -2.12. The minimum Gasteiger partial charge on any atom is -0.609 e. The summed E-state index contributed by atoms with van der Waals surface area (Å²) in [5.74, 6) is 1.64.